The number of hydrogen-bond donors (Lipinski definition) is 1. The molecule has 0 heterocycles. The molecule has 1 rings (SSSR count). The van der Waals surface area contributed by atoms with E-state index in [-0.39, 0.29) is 17.4 Å². The molecule has 0 radical (unpaired) electrons. The zero-order chi connectivity index (χ0) is 14.5. The average molecular weight is 262 g/mol. The van der Waals surface area contributed by atoms with Crippen molar-refractivity contribution in [3.05, 3.63) is 35.9 Å². The highest BCUT2D eigenvalue weighted by molar-refractivity contribution is 5.76. The Morgan fingerprint density at radius 2 is 1.84 bits per heavy atom. The van der Waals surface area contributed by atoms with Crippen LogP contribution in [-0.2, 0) is 11.3 Å². The summed E-state index contributed by atoms with van der Waals surface area (Å²) >= 11 is 0. The summed E-state index contributed by atoms with van der Waals surface area (Å²) in [5.74, 6) is 0.112. The van der Waals surface area contributed by atoms with Crippen LogP contribution in [0.3, 0.4) is 0 Å². The van der Waals surface area contributed by atoms with Crippen LogP contribution in [0, 0.1) is 5.41 Å². The van der Waals surface area contributed by atoms with Gasteiger partial charge in [-0.15, -0.1) is 0 Å². The molecule has 3 heteroatoms. The average Bonchev–Trinajstić information content (AvgIpc) is 2.27. The Kier molecular flexibility index (Phi) is 5.55. The summed E-state index contributed by atoms with van der Waals surface area (Å²) in [6, 6.07) is 9.94. The van der Waals surface area contributed by atoms with Gasteiger partial charge in [-0.1, -0.05) is 51.1 Å². The van der Waals surface area contributed by atoms with Gasteiger partial charge in [-0.3, -0.25) is 4.79 Å². The Morgan fingerprint density at radius 1 is 1.26 bits per heavy atom. The van der Waals surface area contributed by atoms with Crippen molar-refractivity contribution in [1.29, 1.82) is 0 Å². The molecular formula is C16H26N2O. The minimum absolute atomic E-state index is 0.0641. The maximum Gasteiger partial charge on any atom is 0.224 e. The first-order valence-corrected chi connectivity index (χ1v) is 6.81. The molecule has 0 fully saturated rings. The van der Waals surface area contributed by atoms with Crippen molar-refractivity contribution in [2.45, 2.75) is 46.2 Å². The fourth-order valence-corrected chi connectivity index (χ4v) is 2.18. The Labute approximate surface area is 116 Å². The van der Waals surface area contributed by atoms with E-state index in [1.807, 2.05) is 37.4 Å². The molecule has 0 bridgehead atoms. The van der Waals surface area contributed by atoms with Crippen molar-refractivity contribution in [3.8, 4) is 0 Å². The van der Waals surface area contributed by atoms with E-state index in [0.717, 1.165) is 12.0 Å². The summed E-state index contributed by atoms with van der Waals surface area (Å²) in [4.78, 5) is 13.8. The minimum Gasteiger partial charge on any atom is -0.341 e. The van der Waals surface area contributed by atoms with Crippen molar-refractivity contribution in [3.63, 3.8) is 0 Å². The standard InChI is InChI=1S/C16H26N2O/c1-16(2,3)11-14(17)10-15(19)18(4)12-13-8-6-5-7-9-13/h5-9,14H,10-12,17H2,1-4H3. The summed E-state index contributed by atoms with van der Waals surface area (Å²) in [6.45, 7) is 7.07. The molecule has 19 heavy (non-hydrogen) atoms. The number of amides is 1. The molecule has 106 valence electrons. The number of carbonyl (C=O) groups excluding carboxylic acids is 1. The highest BCUT2D eigenvalue weighted by Crippen LogP contribution is 2.21. The number of nitrogens with zero attached hydrogens (tertiary/aromatic N) is 1. The number of benzene rings is 1. The van der Waals surface area contributed by atoms with E-state index in [2.05, 4.69) is 20.8 Å². The van der Waals surface area contributed by atoms with Gasteiger partial charge >= 0.3 is 0 Å². The smallest absolute Gasteiger partial charge is 0.224 e. The van der Waals surface area contributed by atoms with Crippen molar-refractivity contribution < 1.29 is 4.79 Å². The molecule has 0 aromatic heterocycles. The van der Waals surface area contributed by atoms with Crippen LogP contribution >= 0.6 is 0 Å². The topological polar surface area (TPSA) is 46.3 Å². The van der Waals surface area contributed by atoms with Crippen LogP contribution in [0.2, 0.25) is 0 Å². The molecule has 0 spiro atoms. The molecule has 1 atom stereocenters. The SMILES string of the molecule is CN(Cc1ccccc1)C(=O)CC(N)CC(C)(C)C. The highest BCUT2D eigenvalue weighted by Gasteiger charge is 2.19. The van der Waals surface area contributed by atoms with Crippen molar-refractivity contribution in [1.82, 2.24) is 4.90 Å². The first-order valence-electron chi connectivity index (χ1n) is 6.81. The molecule has 2 N–H and O–H groups in total. The lowest BCUT2D eigenvalue weighted by Gasteiger charge is -2.25. The fourth-order valence-electron chi connectivity index (χ4n) is 2.18. The summed E-state index contributed by atoms with van der Waals surface area (Å²) in [7, 11) is 1.83. The highest BCUT2D eigenvalue weighted by atomic mass is 16.2. The molecule has 1 amide bonds. The van der Waals surface area contributed by atoms with Gasteiger partial charge in [0.1, 0.15) is 0 Å². The molecule has 0 aliphatic carbocycles. The fraction of sp³-hybridized carbons (Fsp3) is 0.562. The molecule has 0 saturated heterocycles. The van der Waals surface area contributed by atoms with Gasteiger partial charge in [0.15, 0.2) is 0 Å². The first kappa shape index (κ1) is 15.7. The second-order valence-electron chi connectivity index (χ2n) is 6.46. The predicted octanol–water partition coefficient (Wildman–Crippen LogP) is 2.80. The largest absolute Gasteiger partial charge is 0.341 e. The minimum atomic E-state index is -0.0641. The predicted molar refractivity (Wildman–Crippen MR) is 79.6 cm³/mol. The van der Waals surface area contributed by atoms with Gasteiger partial charge < -0.3 is 10.6 Å². The Hall–Kier alpha value is -1.35. The second-order valence-corrected chi connectivity index (χ2v) is 6.46. The van der Waals surface area contributed by atoms with Crippen LogP contribution in [0.15, 0.2) is 30.3 Å². The van der Waals surface area contributed by atoms with Crippen molar-refractivity contribution in [2.75, 3.05) is 7.05 Å². The number of hydrogen-bond acceptors (Lipinski definition) is 2. The van der Waals surface area contributed by atoms with Crippen LogP contribution in [0.1, 0.15) is 39.2 Å². The first-order chi connectivity index (χ1) is 8.78. The van der Waals surface area contributed by atoms with Gasteiger partial charge in [0.2, 0.25) is 5.91 Å². The summed E-state index contributed by atoms with van der Waals surface area (Å²) < 4.78 is 0. The third kappa shape index (κ3) is 6.39. The van der Waals surface area contributed by atoms with E-state index in [1.54, 1.807) is 4.90 Å². The van der Waals surface area contributed by atoms with Crippen molar-refractivity contribution in [2.24, 2.45) is 11.1 Å². The monoisotopic (exact) mass is 262 g/mol. The lowest BCUT2D eigenvalue weighted by atomic mass is 9.87. The quantitative estimate of drug-likeness (QED) is 0.887. The zero-order valence-corrected chi connectivity index (χ0v) is 12.5. The lowest BCUT2D eigenvalue weighted by molar-refractivity contribution is -0.130. The number of rotatable bonds is 5. The van der Waals surface area contributed by atoms with E-state index in [1.165, 1.54) is 0 Å². The lowest BCUT2D eigenvalue weighted by Crippen LogP contribution is -2.35. The molecule has 0 aliphatic rings. The maximum atomic E-state index is 12.1. The van der Waals surface area contributed by atoms with Gasteiger partial charge in [0.25, 0.3) is 0 Å². The molecule has 1 aromatic rings. The molecule has 3 nitrogen and oxygen atoms in total. The van der Waals surface area contributed by atoms with E-state index in [9.17, 15) is 4.79 Å². The molecule has 1 unspecified atom stereocenters. The molecule has 0 saturated carbocycles. The molecule has 0 aliphatic heterocycles. The molecule has 1 aromatic carbocycles. The normalized spacial score (nSPS) is 13.1. The van der Waals surface area contributed by atoms with Crippen molar-refractivity contribution >= 4 is 5.91 Å². The number of nitrogens with two attached hydrogens (primary N) is 1. The van der Waals surface area contributed by atoms with Crippen LogP contribution < -0.4 is 5.73 Å². The van der Waals surface area contributed by atoms with Gasteiger partial charge in [-0.05, 0) is 17.4 Å². The summed E-state index contributed by atoms with van der Waals surface area (Å²) in [5.41, 5.74) is 7.35. The maximum absolute atomic E-state index is 12.1. The third-order valence-corrected chi connectivity index (χ3v) is 3.00. The Bertz CT molecular complexity index is 395. The third-order valence-electron chi connectivity index (χ3n) is 3.00. The van der Waals surface area contributed by atoms with Gasteiger partial charge in [0, 0.05) is 26.1 Å². The van der Waals surface area contributed by atoms with Gasteiger partial charge in [-0.2, -0.15) is 0 Å². The van der Waals surface area contributed by atoms with E-state index < -0.39 is 0 Å². The number of carbonyl (C=O) groups is 1. The van der Waals surface area contributed by atoms with Gasteiger partial charge in [-0.25, -0.2) is 0 Å². The second kappa shape index (κ2) is 6.71. The van der Waals surface area contributed by atoms with Gasteiger partial charge in [0.05, 0.1) is 0 Å². The van der Waals surface area contributed by atoms with E-state index in [4.69, 9.17) is 5.73 Å². The van der Waals surface area contributed by atoms with Crippen LogP contribution in [0.25, 0.3) is 0 Å². The zero-order valence-electron chi connectivity index (χ0n) is 12.5. The van der Waals surface area contributed by atoms with E-state index >= 15 is 0 Å². The summed E-state index contributed by atoms with van der Waals surface area (Å²) in [6.07, 6.45) is 1.28. The van der Waals surface area contributed by atoms with Crippen LogP contribution in [0.5, 0.6) is 0 Å². The summed E-state index contributed by atoms with van der Waals surface area (Å²) in [5, 5.41) is 0. The van der Waals surface area contributed by atoms with Crippen LogP contribution in [0.4, 0.5) is 0 Å². The van der Waals surface area contributed by atoms with E-state index in [0.29, 0.717) is 13.0 Å². The molecular weight excluding hydrogens is 236 g/mol. The van der Waals surface area contributed by atoms with Crippen LogP contribution in [-0.4, -0.2) is 23.9 Å². The Morgan fingerprint density at radius 3 is 2.37 bits per heavy atom. The Balaban J connectivity index is 2.45.